The fraction of sp³-hybridized carbons (Fsp3) is 0.435. The highest BCUT2D eigenvalue weighted by Gasteiger charge is 2.24. The predicted molar refractivity (Wildman–Crippen MR) is 130 cm³/mol. The Morgan fingerprint density at radius 2 is 1.73 bits per heavy atom. The number of nitrogens with zero attached hydrogens (tertiary/aromatic N) is 3. The normalized spacial score (nSPS) is 16.3. The number of piperazine rings is 1. The molecule has 164 valence electrons. The van der Waals surface area contributed by atoms with Crippen molar-refractivity contribution >= 4 is 47.8 Å². The summed E-state index contributed by atoms with van der Waals surface area (Å²) >= 11 is 0. The number of aryl methyl sites for hydroxylation is 1. The van der Waals surface area contributed by atoms with Gasteiger partial charge >= 0.3 is 0 Å². The lowest BCUT2D eigenvalue weighted by Gasteiger charge is -2.36. The van der Waals surface area contributed by atoms with E-state index in [1.807, 2.05) is 23.1 Å². The molecule has 0 aromatic heterocycles. The number of rotatable bonds is 4. The van der Waals surface area contributed by atoms with Gasteiger partial charge in [0.2, 0.25) is 5.91 Å². The van der Waals surface area contributed by atoms with Crippen LogP contribution >= 0.6 is 24.8 Å². The molecule has 0 spiro atoms. The Morgan fingerprint density at radius 3 is 2.47 bits per heavy atom. The Labute approximate surface area is 192 Å². The van der Waals surface area contributed by atoms with Gasteiger partial charge in [-0.05, 0) is 55.2 Å². The molecule has 2 heterocycles. The zero-order valence-corrected chi connectivity index (χ0v) is 19.2. The summed E-state index contributed by atoms with van der Waals surface area (Å²) < 4.78 is 0. The number of halogens is 2. The molecule has 1 saturated heterocycles. The predicted octanol–water partition coefficient (Wildman–Crippen LogP) is 3.91. The Kier molecular flexibility index (Phi) is 8.83. The van der Waals surface area contributed by atoms with Gasteiger partial charge in [0.25, 0.3) is 0 Å². The van der Waals surface area contributed by atoms with Crippen LogP contribution in [0.2, 0.25) is 0 Å². The van der Waals surface area contributed by atoms with Crippen molar-refractivity contribution in [2.75, 3.05) is 54.8 Å². The van der Waals surface area contributed by atoms with E-state index in [1.165, 1.54) is 11.3 Å². The van der Waals surface area contributed by atoms with Crippen molar-refractivity contribution in [3.8, 4) is 0 Å². The van der Waals surface area contributed by atoms with Gasteiger partial charge in [0.15, 0.2) is 0 Å². The molecule has 2 aliphatic heterocycles. The molecule has 5 nitrogen and oxygen atoms in total. The lowest BCUT2D eigenvalue weighted by atomic mass is 9.99. The van der Waals surface area contributed by atoms with Crippen LogP contribution < -0.4 is 15.5 Å². The van der Waals surface area contributed by atoms with Gasteiger partial charge in [0.1, 0.15) is 0 Å². The molecule has 0 aliphatic carbocycles. The fourth-order valence-corrected chi connectivity index (χ4v) is 4.35. The van der Waals surface area contributed by atoms with Gasteiger partial charge in [-0.25, -0.2) is 0 Å². The van der Waals surface area contributed by atoms with Gasteiger partial charge in [0.05, 0.1) is 0 Å². The molecule has 1 amide bonds. The van der Waals surface area contributed by atoms with Crippen LogP contribution in [0.25, 0.3) is 0 Å². The van der Waals surface area contributed by atoms with Crippen LogP contribution in [0.15, 0.2) is 42.5 Å². The first-order valence-corrected chi connectivity index (χ1v) is 10.3. The van der Waals surface area contributed by atoms with E-state index >= 15 is 0 Å². The first-order chi connectivity index (χ1) is 13.6. The van der Waals surface area contributed by atoms with Gasteiger partial charge in [-0.3, -0.25) is 9.69 Å². The van der Waals surface area contributed by atoms with Crippen LogP contribution in [-0.4, -0.2) is 50.1 Å². The molecule has 0 saturated carbocycles. The van der Waals surface area contributed by atoms with Crippen LogP contribution in [0.4, 0.5) is 17.1 Å². The second kappa shape index (κ2) is 10.9. The van der Waals surface area contributed by atoms with Gasteiger partial charge in [-0.1, -0.05) is 18.2 Å². The molecule has 0 bridgehead atoms. The summed E-state index contributed by atoms with van der Waals surface area (Å²) in [6.45, 7) is 7.81. The monoisotopic (exact) mass is 450 g/mol. The minimum atomic E-state index is 0. The quantitative estimate of drug-likeness (QED) is 0.717. The SMILES string of the molecule is Cc1cccc(N2CCN(CCC(=O)N3CCCc4c(N)cccc43)CC2)c1.Cl.Cl. The standard InChI is InChI=1S/C23H30N4O.2ClH/c1-18-5-2-6-19(17-18)26-15-13-25(14-16-26)12-10-23(28)27-11-4-7-20-21(24)8-3-9-22(20)27;;/h2-3,5-6,8-9,17H,4,7,10-16,24H2,1H3;2*1H. The number of benzene rings is 2. The summed E-state index contributed by atoms with van der Waals surface area (Å²) in [5.41, 5.74) is 11.7. The second-order valence-electron chi connectivity index (χ2n) is 7.91. The topological polar surface area (TPSA) is 52.8 Å². The van der Waals surface area contributed by atoms with Gasteiger partial charge in [0, 0.05) is 62.8 Å². The van der Waals surface area contributed by atoms with Crippen LogP contribution in [-0.2, 0) is 11.2 Å². The molecule has 1 fully saturated rings. The molecule has 4 rings (SSSR count). The minimum Gasteiger partial charge on any atom is -0.398 e. The molecular weight excluding hydrogens is 419 g/mol. The zero-order valence-electron chi connectivity index (χ0n) is 17.5. The van der Waals surface area contributed by atoms with Crippen molar-refractivity contribution in [3.05, 3.63) is 53.6 Å². The van der Waals surface area contributed by atoms with E-state index in [-0.39, 0.29) is 30.7 Å². The van der Waals surface area contributed by atoms with E-state index in [0.29, 0.717) is 6.42 Å². The highest BCUT2D eigenvalue weighted by molar-refractivity contribution is 5.95. The molecule has 0 atom stereocenters. The van der Waals surface area contributed by atoms with Gasteiger partial charge in [-0.15, -0.1) is 24.8 Å². The number of hydrogen-bond acceptors (Lipinski definition) is 4. The lowest BCUT2D eigenvalue weighted by molar-refractivity contribution is -0.119. The number of nitrogen functional groups attached to an aromatic ring is 1. The third-order valence-corrected chi connectivity index (χ3v) is 5.97. The first kappa shape index (κ1) is 24.3. The van der Waals surface area contributed by atoms with Crippen molar-refractivity contribution < 1.29 is 4.79 Å². The third-order valence-electron chi connectivity index (χ3n) is 5.97. The highest BCUT2D eigenvalue weighted by Crippen LogP contribution is 2.31. The van der Waals surface area contributed by atoms with Gasteiger partial charge in [-0.2, -0.15) is 0 Å². The van der Waals surface area contributed by atoms with Crippen molar-refractivity contribution in [3.63, 3.8) is 0 Å². The summed E-state index contributed by atoms with van der Waals surface area (Å²) in [6, 6.07) is 14.6. The molecule has 0 unspecified atom stereocenters. The summed E-state index contributed by atoms with van der Waals surface area (Å²) in [4.78, 5) is 19.7. The largest absolute Gasteiger partial charge is 0.398 e. The Morgan fingerprint density at radius 1 is 1.00 bits per heavy atom. The third kappa shape index (κ3) is 5.39. The van der Waals surface area contributed by atoms with E-state index in [2.05, 4.69) is 41.0 Å². The van der Waals surface area contributed by atoms with E-state index in [9.17, 15) is 4.79 Å². The molecule has 30 heavy (non-hydrogen) atoms. The van der Waals surface area contributed by atoms with Crippen LogP contribution in [0, 0.1) is 6.92 Å². The number of anilines is 3. The van der Waals surface area contributed by atoms with Crippen molar-refractivity contribution in [1.29, 1.82) is 0 Å². The van der Waals surface area contributed by atoms with E-state index in [0.717, 1.165) is 69.0 Å². The molecule has 0 radical (unpaired) electrons. The maximum absolute atomic E-state index is 12.9. The number of hydrogen-bond donors (Lipinski definition) is 1. The molecule has 2 N–H and O–H groups in total. The second-order valence-corrected chi connectivity index (χ2v) is 7.91. The van der Waals surface area contributed by atoms with Crippen LogP contribution in [0.1, 0.15) is 24.0 Å². The molecular formula is C23H32Cl2N4O. The highest BCUT2D eigenvalue weighted by atomic mass is 35.5. The van der Waals surface area contributed by atoms with Crippen molar-refractivity contribution in [2.24, 2.45) is 0 Å². The van der Waals surface area contributed by atoms with E-state index < -0.39 is 0 Å². The number of carbonyl (C=O) groups excluding carboxylic acids is 1. The van der Waals surface area contributed by atoms with Crippen LogP contribution in [0.3, 0.4) is 0 Å². The Hall–Kier alpha value is -1.95. The maximum atomic E-state index is 12.9. The minimum absolute atomic E-state index is 0. The molecule has 2 aromatic rings. The Bertz CT molecular complexity index is 853. The maximum Gasteiger partial charge on any atom is 0.228 e. The number of carbonyl (C=O) groups is 1. The zero-order chi connectivity index (χ0) is 19.5. The van der Waals surface area contributed by atoms with Gasteiger partial charge < -0.3 is 15.5 Å². The fourth-order valence-electron chi connectivity index (χ4n) is 4.35. The number of fused-ring (bicyclic) bond motifs is 1. The average Bonchev–Trinajstić information content (AvgIpc) is 2.72. The summed E-state index contributed by atoms with van der Waals surface area (Å²) in [5, 5.41) is 0. The average molecular weight is 451 g/mol. The van der Waals surface area contributed by atoms with Crippen molar-refractivity contribution in [2.45, 2.75) is 26.2 Å². The molecule has 2 aliphatic rings. The first-order valence-electron chi connectivity index (χ1n) is 10.3. The summed E-state index contributed by atoms with van der Waals surface area (Å²) in [6.07, 6.45) is 2.52. The van der Waals surface area contributed by atoms with Crippen LogP contribution in [0.5, 0.6) is 0 Å². The smallest absolute Gasteiger partial charge is 0.228 e. The number of nitrogens with two attached hydrogens (primary N) is 1. The lowest BCUT2D eigenvalue weighted by Crippen LogP contribution is -2.47. The van der Waals surface area contributed by atoms with E-state index in [4.69, 9.17) is 5.73 Å². The molecule has 2 aromatic carbocycles. The Balaban J connectivity index is 0.00000160. The summed E-state index contributed by atoms with van der Waals surface area (Å²) in [5.74, 6) is 0.215. The number of amides is 1. The summed E-state index contributed by atoms with van der Waals surface area (Å²) in [7, 11) is 0. The van der Waals surface area contributed by atoms with E-state index in [1.54, 1.807) is 0 Å². The molecule has 7 heteroatoms. The van der Waals surface area contributed by atoms with Crippen molar-refractivity contribution in [1.82, 2.24) is 4.90 Å².